The first-order chi connectivity index (χ1) is 9.47. The summed E-state index contributed by atoms with van der Waals surface area (Å²) in [4.78, 5) is 11.7. The molecule has 0 aliphatic heterocycles. The number of carbonyl (C=O) groups excluding carboxylic acids is 1. The average molecular weight is 402 g/mol. The van der Waals surface area contributed by atoms with Crippen molar-refractivity contribution >= 4 is 44.0 Å². The van der Waals surface area contributed by atoms with E-state index in [2.05, 4.69) is 42.4 Å². The number of aromatic hydroxyl groups is 1. The Morgan fingerprint density at radius 1 is 1.40 bits per heavy atom. The van der Waals surface area contributed by atoms with Crippen LogP contribution in [0.15, 0.2) is 42.9 Å². The van der Waals surface area contributed by atoms with Gasteiger partial charge in [-0.25, -0.2) is 5.43 Å². The third kappa shape index (κ3) is 3.49. The van der Waals surface area contributed by atoms with E-state index >= 15 is 0 Å². The van der Waals surface area contributed by atoms with E-state index in [-0.39, 0.29) is 11.5 Å². The van der Waals surface area contributed by atoms with E-state index in [0.717, 1.165) is 5.56 Å². The number of phenols is 1. The molecular formula is C13H10Br2N2O3. The number of nitrogens with zero attached hydrogens (tertiary/aromatic N) is 1. The van der Waals surface area contributed by atoms with Crippen molar-refractivity contribution < 1.29 is 14.3 Å². The zero-order chi connectivity index (χ0) is 14.7. The van der Waals surface area contributed by atoms with Gasteiger partial charge < -0.3 is 9.52 Å². The normalized spacial score (nSPS) is 10.9. The van der Waals surface area contributed by atoms with E-state index in [9.17, 15) is 9.90 Å². The maximum absolute atomic E-state index is 11.7. The molecule has 0 saturated carbocycles. The number of hydrogen-bond donors (Lipinski definition) is 2. The smallest absolute Gasteiger partial charge is 0.307 e. The number of nitrogens with one attached hydrogen (secondary N) is 1. The van der Waals surface area contributed by atoms with Crippen LogP contribution in [0.1, 0.15) is 21.7 Å². The molecule has 2 aromatic rings. The molecule has 0 aliphatic rings. The zero-order valence-electron chi connectivity index (χ0n) is 10.4. The molecule has 104 valence electrons. The summed E-state index contributed by atoms with van der Waals surface area (Å²) >= 11 is 6.35. The lowest BCUT2D eigenvalue weighted by molar-refractivity contribution is 0.0926. The Morgan fingerprint density at radius 3 is 2.75 bits per heavy atom. The first kappa shape index (κ1) is 14.8. The molecular weight excluding hydrogens is 392 g/mol. The van der Waals surface area contributed by atoms with Crippen molar-refractivity contribution in [1.82, 2.24) is 5.43 Å². The largest absolute Gasteiger partial charge is 0.507 e. The van der Waals surface area contributed by atoms with E-state index in [4.69, 9.17) is 4.42 Å². The summed E-state index contributed by atoms with van der Waals surface area (Å²) in [5.41, 5.74) is 3.76. The van der Waals surface area contributed by atoms with Gasteiger partial charge in [0.1, 0.15) is 5.75 Å². The van der Waals surface area contributed by atoms with Crippen molar-refractivity contribution in [3.05, 3.63) is 50.3 Å². The van der Waals surface area contributed by atoms with Gasteiger partial charge in [0.25, 0.3) is 0 Å². The lowest BCUT2D eigenvalue weighted by Gasteiger charge is -2.00. The minimum atomic E-state index is -0.487. The van der Waals surface area contributed by atoms with Crippen LogP contribution in [0.2, 0.25) is 0 Å². The Morgan fingerprint density at radius 2 is 2.15 bits per heavy atom. The van der Waals surface area contributed by atoms with Crippen molar-refractivity contribution in [3.8, 4) is 5.75 Å². The summed E-state index contributed by atoms with van der Waals surface area (Å²) in [5.74, 6) is -0.264. The molecule has 1 aromatic carbocycles. The molecule has 0 bridgehead atoms. The number of hydrogen-bond acceptors (Lipinski definition) is 4. The molecule has 20 heavy (non-hydrogen) atoms. The predicted octanol–water partition coefficient (Wildman–Crippen LogP) is 3.58. The van der Waals surface area contributed by atoms with Crippen molar-refractivity contribution in [2.45, 2.75) is 6.92 Å². The number of carbonyl (C=O) groups is 1. The molecule has 0 saturated heterocycles. The minimum absolute atomic E-state index is 0.103. The van der Waals surface area contributed by atoms with Gasteiger partial charge in [-0.1, -0.05) is 6.07 Å². The van der Waals surface area contributed by atoms with Crippen molar-refractivity contribution in [3.63, 3.8) is 0 Å². The Bertz CT molecular complexity index is 661. The molecule has 2 N–H and O–H groups in total. The fraction of sp³-hybridized carbons (Fsp3) is 0.0769. The van der Waals surface area contributed by atoms with Gasteiger partial charge in [0.2, 0.25) is 0 Å². The first-order valence-corrected chi connectivity index (χ1v) is 7.14. The third-order valence-electron chi connectivity index (χ3n) is 2.42. The standard InChI is InChI=1S/C13H10Br2N2O3/c1-7-2-3-8(10(18)4-7)6-16-17-13(19)11-5-9(14)12(15)20-11/h2-6,18H,1H3,(H,17,19)/b16-6+. The van der Waals surface area contributed by atoms with Gasteiger partial charge in [-0.15, -0.1) is 0 Å². The molecule has 1 amide bonds. The molecule has 0 aliphatic carbocycles. The average Bonchev–Trinajstić information content (AvgIpc) is 2.72. The predicted molar refractivity (Wildman–Crippen MR) is 82.0 cm³/mol. The van der Waals surface area contributed by atoms with Crippen LogP contribution in [0.5, 0.6) is 5.75 Å². The van der Waals surface area contributed by atoms with Crippen LogP contribution in [-0.4, -0.2) is 17.2 Å². The molecule has 0 unspecified atom stereocenters. The maximum atomic E-state index is 11.7. The highest BCUT2D eigenvalue weighted by Crippen LogP contribution is 2.26. The molecule has 5 nitrogen and oxygen atoms in total. The summed E-state index contributed by atoms with van der Waals surface area (Å²) in [6, 6.07) is 6.69. The topological polar surface area (TPSA) is 74.8 Å². The Hall–Kier alpha value is -1.60. The number of benzene rings is 1. The zero-order valence-corrected chi connectivity index (χ0v) is 13.5. The fourth-order valence-electron chi connectivity index (χ4n) is 1.44. The van der Waals surface area contributed by atoms with E-state index in [1.165, 1.54) is 12.3 Å². The van der Waals surface area contributed by atoms with Crippen molar-refractivity contribution in [1.29, 1.82) is 0 Å². The number of rotatable bonds is 3. The van der Waals surface area contributed by atoms with Gasteiger partial charge in [-0.2, -0.15) is 5.10 Å². The van der Waals surface area contributed by atoms with Gasteiger partial charge in [0.15, 0.2) is 10.4 Å². The van der Waals surface area contributed by atoms with Gasteiger partial charge in [-0.05, 0) is 56.5 Å². The van der Waals surface area contributed by atoms with E-state index in [0.29, 0.717) is 14.7 Å². The lowest BCUT2D eigenvalue weighted by atomic mass is 10.1. The second-order valence-electron chi connectivity index (χ2n) is 3.99. The van der Waals surface area contributed by atoms with E-state index < -0.39 is 5.91 Å². The molecule has 2 rings (SSSR count). The van der Waals surface area contributed by atoms with Crippen LogP contribution in [0.4, 0.5) is 0 Å². The third-order valence-corrected chi connectivity index (χ3v) is 4.13. The number of amides is 1. The SMILES string of the molecule is Cc1ccc(/C=N/NC(=O)c2cc(Br)c(Br)o2)c(O)c1. The number of furan rings is 1. The summed E-state index contributed by atoms with van der Waals surface area (Å²) in [7, 11) is 0. The van der Waals surface area contributed by atoms with Crippen molar-refractivity contribution in [2.75, 3.05) is 0 Å². The summed E-state index contributed by atoms with van der Waals surface area (Å²) in [5, 5.41) is 13.5. The highest BCUT2D eigenvalue weighted by Gasteiger charge is 2.13. The van der Waals surface area contributed by atoms with Crippen LogP contribution in [-0.2, 0) is 0 Å². The quantitative estimate of drug-likeness (QED) is 0.609. The van der Waals surface area contributed by atoms with Crippen molar-refractivity contribution in [2.24, 2.45) is 5.10 Å². The summed E-state index contributed by atoms with van der Waals surface area (Å²) in [6.45, 7) is 1.87. The fourth-order valence-corrected chi connectivity index (χ4v) is 2.01. The van der Waals surface area contributed by atoms with Crippen LogP contribution < -0.4 is 5.43 Å². The number of hydrazone groups is 1. The second kappa shape index (κ2) is 6.23. The molecule has 7 heteroatoms. The van der Waals surface area contributed by atoms with Gasteiger partial charge in [-0.3, -0.25) is 4.79 Å². The number of phenolic OH excluding ortho intramolecular Hbond substituents is 1. The Balaban J connectivity index is 2.04. The van der Waals surface area contributed by atoms with Crippen LogP contribution >= 0.6 is 31.9 Å². The summed E-state index contributed by atoms with van der Waals surface area (Å²) in [6.07, 6.45) is 1.36. The van der Waals surface area contributed by atoms with Gasteiger partial charge in [0, 0.05) is 11.6 Å². The van der Waals surface area contributed by atoms with Crippen LogP contribution in [0, 0.1) is 6.92 Å². The molecule has 0 spiro atoms. The minimum Gasteiger partial charge on any atom is -0.507 e. The maximum Gasteiger partial charge on any atom is 0.307 e. The summed E-state index contributed by atoms with van der Waals surface area (Å²) < 4.78 is 6.23. The van der Waals surface area contributed by atoms with Gasteiger partial charge in [0.05, 0.1) is 10.7 Å². The van der Waals surface area contributed by atoms with Gasteiger partial charge >= 0.3 is 5.91 Å². The van der Waals surface area contributed by atoms with Crippen LogP contribution in [0.3, 0.4) is 0 Å². The Kier molecular flexibility index (Phi) is 4.61. The molecule has 0 radical (unpaired) electrons. The highest BCUT2D eigenvalue weighted by molar-refractivity contribution is 9.13. The van der Waals surface area contributed by atoms with E-state index in [1.54, 1.807) is 12.1 Å². The molecule has 0 fully saturated rings. The second-order valence-corrected chi connectivity index (χ2v) is 5.57. The first-order valence-electron chi connectivity index (χ1n) is 5.55. The van der Waals surface area contributed by atoms with Crippen LogP contribution in [0.25, 0.3) is 0 Å². The van der Waals surface area contributed by atoms with E-state index in [1.807, 2.05) is 13.0 Å². The molecule has 1 aromatic heterocycles. The molecule has 1 heterocycles. The number of halogens is 2. The Labute approximate surface area is 131 Å². The molecule has 0 atom stereocenters. The lowest BCUT2D eigenvalue weighted by Crippen LogP contribution is -2.16. The number of aryl methyl sites for hydroxylation is 1. The monoisotopic (exact) mass is 400 g/mol. The highest BCUT2D eigenvalue weighted by atomic mass is 79.9.